The van der Waals surface area contributed by atoms with Gasteiger partial charge in [-0.3, -0.25) is 4.68 Å². The van der Waals surface area contributed by atoms with Crippen LogP contribution in [0.15, 0.2) is 0 Å². The topological polar surface area (TPSA) is 55.9 Å². The predicted octanol–water partition coefficient (Wildman–Crippen LogP) is 2.90. The van der Waals surface area contributed by atoms with Crippen LogP contribution in [0.3, 0.4) is 0 Å². The fourth-order valence-corrected chi connectivity index (χ4v) is 2.52. The largest absolute Gasteiger partial charge is 0.394 e. The molecule has 4 heteroatoms. The van der Waals surface area contributed by atoms with Crippen molar-refractivity contribution in [1.29, 1.82) is 0 Å². The number of hydrogen-bond donors (Lipinski definition) is 2. The maximum Gasteiger partial charge on any atom is 0.147 e. The molecular formula is C14H28N4. The van der Waals surface area contributed by atoms with E-state index < -0.39 is 0 Å². The molecule has 1 rings (SSSR count). The van der Waals surface area contributed by atoms with Gasteiger partial charge in [0.05, 0.1) is 11.4 Å². The Kier molecular flexibility index (Phi) is 5.05. The molecule has 0 spiro atoms. The monoisotopic (exact) mass is 252 g/mol. The maximum absolute atomic E-state index is 6.11. The zero-order valence-electron chi connectivity index (χ0n) is 12.6. The van der Waals surface area contributed by atoms with Crippen molar-refractivity contribution >= 4 is 11.5 Å². The van der Waals surface area contributed by atoms with E-state index in [2.05, 4.69) is 45.0 Å². The third kappa shape index (κ3) is 3.18. The Balaban J connectivity index is 2.76. The van der Waals surface area contributed by atoms with Gasteiger partial charge in [0, 0.05) is 13.6 Å². The summed E-state index contributed by atoms with van der Waals surface area (Å²) in [5.41, 5.74) is 7.88. The molecular weight excluding hydrogens is 224 g/mol. The van der Waals surface area contributed by atoms with E-state index in [1.54, 1.807) is 0 Å². The van der Waals surface area contributed by atoms with E-state index in [0.717, 1.165) is 30.2 Å². The van der Waals surface area contributed by atoms with Gasteiger partial charge in [-0.25, -0.2) is 0 Å². The second kappa shape index (κ2) is 6.12. The van der Waals surface area contributed by atoms with Crippen molar-refractivity contribution in [2.24, 2.45) is 24.8 Å². The van der Waals surface area contributed by atoms with Gasteiger partial charge in [0.15, 0.2) is 0 Å². The smallest absolute Gasteiger partial charge is 0.147 e. The molecule has 4 nitrogen and oxygen atoms in total. The van der Waals surface area contributed by atoms with Crippen LogP contribution >= 0.6 is 0 Å². The van der Waals surface area contributed by atoms with Gasteiger partial charge in [-0.1, -0.05) is 34.6 Å². The van der Waals surface area contributed by atoms with Gasteiger partial charge < -0.3 is 11.1 Å². The van der Waals surface area contributed by atoms with Crippen LogP contribution in [0.4, 0.5) is 11.5 Å². The van der Waals surface area contributed by atoms with Gasteiger partial charge in [-0.15, -0.1) is 0 Å². The molecule has 0 fully saturated rings. The van der Waals surface area contributed by atoms with E-state index in [9.17, 15) is 0 Å². The van der Waals surface area contributed by atoms with Crippen LogP contribution in [0, 0.1) is 17.8 Å². The number of nitrogens with one attached hydrogen (secondary N) is 1. The van der Waals surface area contributed by atoms with Gasteiger partial charge in [0.1, 0.15) is 5.82 Å². The Labute approximate surface area is 111 Å². The number of hydrogen-bond acceptors (Lipinski definition) is 3. The van der Waals surface area contributed by atoms with Crippen LogP contribution in [0.1, 0.15) is 40.3 Å². The van der Waals surface area contributed by atoms with Gasteiger partial charge in [0.25, 0.3) is 0 Å². The van der Waals surface area contributed by atoms with Crippen LogP contribution in [-0.4, -0.2) is 16.3 Å². The molecule has 1 heterocycles. The molecule has 0 radical (unpaired) electrons. The van der Waals surface area contributed by atoms with Crippen LogP contribution in [0.5, 0.6) is 0 Å². The number of nitrogen functional groups attached to an aromatic ring is 1. The van der Waals surface area contributed by atoms with Crippen LogP contribution in [0.2, 0.25) is 0 Å². The Hall–Kier alpha value is -1.19. The molecule has 3 N–H and O–H groups in total. The van der Waals surface area contributed by atoms with Crippen molar-refractivity contribution in [2.45, 2.75) is 41.0 Å². The minimum absolute atomic E-state index is 0.643. The molecule has 0 saturated heterocycles. The highest BCUT2D eigenvalue weighted by atomic mass is 15.3. The first-order valence-corrected chi connectivity index (χ1v) is 6.93. The molecule has 18 heavy (non-hydrogen) atoms. The summed E-state index contributed by atoms with van der Waals surface area (Å²) in [6, 6.07) is 0. The van der Waals surface area contributed by atoms with E-state index in [4.69, 9.17) is 5.73 Å². The average molecular weight is 252 g/mol. The third-order valence-electron chi connectivity index (χ3n) is 3.71. The summed E-state index contributed by atoms with van der Waals surface area (Å²) in [4.78, 5) is 0. The molecule has 0 aliphatic carbocycles. The Bertz CT molecular complexity index is 371. The van der Waals surface area contributed by atoms with Crippen LogP contribution < -0.4 is 11.1 Å². The molecule has 104 valence electrons. The van der Waals surface area contributed by atoms with Crippen LogP contribution in [-0.2, 0) is 13.5 Å². The highest BCUT2D eigenvalue weighted by Crippen LogP contribution is 2.25. The highest BCUT2D eigenvalue weighted by molar-refractivity contribution is 5.64. The summed E-state index contributed by atoms with van der Waals surface area (Å²) in [7, 11) is 1.94. The molecule has 0 aliphatic rings. The first-order valence-electron chi connectivity index (χ1n) is 6.93. The minimum atomic E-state index is 0.643. The van der Waals surface area contributed by atoms with Gasteiger partial charge >= 0.3 is 0 Å². The van der Waals surface area contributed by atoms with Crippen LogP contribution in [0.25, 0.3) is 0 Å². The second-order valence-corrected chi connectivity index (χ2v) is 5.72. The highest BCUT2D eigenvalue weighted by Gasteiger charge is 2.19. The molecule has 0 unspecified atom stereocenters. The van der Waals surface area contributed by atoms with Gasteiger partial charge in [-0.05, 0) is 24.2 Å². The average Bonchev–Trinajstić information content (AvgIpc) is 2.55. The number of rotatable bonds is 6. The summed E-state index contributed by atoms with van der Waals surface area (Å²) in [6.45, 7) is 12.1. The maximum atomic E-state index is 6.11. The first kappa shape index (κ1) is 14.9. The van der Waals surface area contributed by atoms with E-state index in [1.165, 1.54) is 0 Å². The zero-order chi connectivity index (χ0) is 13.9. The van der Waals surface area contributed by atoms with Crippen molar-refractivity contribution in [3.63, 3.8) is 0 Å². The molecule has 0 aromatic carbocycles. The van der Waals surface area contributed by atoms with Gasteiger partial charge in [-0.2, -0.15) is 5.10 Å². The van der Waals surface area contributed by atoms with E-state index in [-0.39, 0.29) is 0 Å². The Morgan fingerprint density at radius 1 is 1.22 bits per heavy atom. The fraction of sp³-hybridized carbons (Fsp3) is 0.786. The minimum Gasteiger partial charge on any atom is -0.394 e. The summed E-state index contributed by atoms with van der Waals surface area (Å²) in [5.74, 6) is 2.93. The molecule has 0 amide bonds. The molecule has 0 bridgehead atoms. The number of aromatic nitrogens is 2. The zero-order valence-corrected chi connectivity index (χ0v) is 12.6. The van der Waals surface area contributed by atoms with E-state index >= 15 is 0 Å². The van der Waals surface area contributed by atoms with Gasteiger partial charge in [0.2, 0.25) is 0 Å². The standard InChI is InChI=1S/C14H28N4/c1-7-12-13(15)14(18(6)17-12)16-8-11(9(2)3)10(4)5/h9-11,16H,7-8,15H2,1-6H3. The third-order valence-corrected chi connectivity index (χ3v) is 3.71. The number of nitrogens with two attached hydrogens (primary N) is 1. The summed E-state index contributed by atoms with van der Waals surface area (Å²) >= 11 is 0. The normalized spacial score (nSPS) is 11.8. The Morgan fingerprint density at radius 2 is 1.78 bits per heavy atom. The fourth-order valence-electron chi connectivity index (χ4n) is 2.52. The van der Waals surface area contributed by atoms with Crippen molar-refractivity contribution in [3.05, 3.63) is 5.69 Å². The lowest BCUT2D eigenvalue weighted by Crippen LogP contribution is -2.25. The first-order chi connectivity index (χ1) is 8.38. The number of nitrogens with zero attached hydrogens (tertiary/aromatic N) is 2. The molecule has 1 aromatic heterocycles. The molecule has 0 aliphatic heterocycles. The van der Waals surface area contributed by atoms with E-state index in [1.807, 2.05) is 11.7 Å². The Morgan fingerprint density at radius 3 is 2.17 bits per heavy atom. The molecule has 0 saturated carbocycles. The molecule has 1 aromatic rings. The quantitative estimate of drug-likeness (QED) is 0.818. The summed E-state index contributed by atoms with van der Waals surface area (Å²) in [6.07, 6.45) is 0.874. The van der Waals surface area contributed by atoms with Crippen molar-refractivity contribution < 1.29 is 0 Å². The molecule has 0 atom stereocenters. The van der Waals surface area contributed by atoms with Crippen molar-refractivity contribution in [3.8, 4) is 0 Å². The van der Waals surface area contributed by atoms with Crippen molar-refractivity contribution in [2.75, 3.05) is 17.6 Å². The number of aryl methyl sites for hydroxylation is 2. The summed E-state index contributed by atoms with van der Waals surface area (Å²) < 4.78 is 1.85. The number of anilines is 2. The lowest BCUT2D eigenvalue weighted by Gasteiger charge is -2.25. The lowest BCUT2D eigenvalue weighted by molar-refractivity contribution is 0.304. The summed E-state index contributed by atoms with van der Waals surface area (Å²) in [5, 5.41) is 7.90. The van der Waals surface area contributed by atoms with Crippen molar-refractivity contribution in [1.82, 2.24) is 9.78 Å². The second-order valence-electron chi connectivity index (χ2n) is 5.72. The lowest BCUT2D eigenvalue weighted by atomic mass is 9.85. The van der Waals surface area contributed by atoms with E-state index in [0.29, 0.717) is 17.8 Å². The SMILES string of the molecule is CCc1nn(C)c(NCC(C(C)C)C(C)C)c1N. The predicted molar refractivity (Wildman–Crippen MR) is 78.7 cm³/mol.